The zero-order valence-corrected chi connectivity index (χ0v) is 8.13. The van der Waals surface area contributed by atoms with E-state index in [2.05, 4.69) is 9.97 Å². The Labute approximate surface area is 87.7 Å². The summed E-state index contributed by atoms with van der Waals surface area (Å²) in [6, 6.07) is 5.51. The molecule has 0 unspecified atom stereocenters. The van der Waals surface area contributed by atoms with E-state index in [0.717, 1.165) is 5.56 Å². The lowest BCUT2D eigenvalue weighted by molar-refractivity contribution is 0.477. The molecule has 0 spiro atoms. The Morgan fingerprint density at radius 3 is 2.73 bits per heavy atom. The molecule has 0 aliphatic heterocycles. The fourth-order valence-electron chi connectivity index (χ4n) is 1.17. The Bertz CT molecular complexity index is 431. The number of rotatable bonds is 3. The molecule has 2 rings (SSSR count). The fraction of sp³-hybridized carbons (Fsp3) is 0.0909. The maximum atomic E-state index is 5.54. The Hall–Kier alpha value is -1.94. The standard InChI is InChI=1S/C11H11N3O/c12-5-9-4-11(8-14-6-9)15-10-2-1-3-13-7-10/h1-4,6-8H,5,12H2. The Morgan fingerprint density at radius 1 is 1.13 bits per heavy atom. The second-order valence-corrected chi connectivity index (χ2v) is 3.02. The molecule has 2 heterocycles. The summed E-state index contributed by atoms with van der Waals surface area (Å²) < 4.78 is 5.54. The number of pyridine rings is 2. The predicted octanol–water partition coefficient (Wildman–Crippen LogP) is 1.73. The molecule has 0 saturated carbocycles. The van der Waals surface area contributed by atoms with E-state index in [1.807, 2.05) is 18.2 Å². The van der Waals surface area contributed by atoms with E-state index in [1.54, 1.807) is 24.8 Å². The summed E-state index contributed by atoms with van der Waals surface area (Å²) in [4.78, 5) is 7.98. The van der Waals surface area contributed by atoms with Crippen LogP contribution >= 0.6 is 0 Å². The summed E-state index contributed by atoms with van der Waals surface area (Å²) in [7, 11) is 0. The zero-order chi connectivity index (χ0) is 10.5. The lowest BCUT2D eigenvalue weighted by Crippen LogP contribution is -1.97. The molecule has 76 valence electrons. The van der Waals surface area contributed by atoms with Crippen LogP contribution in [0.3, 0.4) is 0 Å². The van der Waals surface area contributed by atoms with Crippen LogP contribution in [0, 0.1) is 0 Å². The monoisotopic (exact) mass is 201 g/mol. The van der Waals surface area contributed by atoms with Crippen LogP contribution in [0.15, 0.2) is 43.0 Å². The van der Waals surface area contributed by atoms with Crippen molar-refractivity contribution in [3.63, 3.8) is 0 Å². The van der Waals surface area contributed by atoms with Gasteiger partial charge in [-0.3, -0.25) is 9.97 Å². The summed E-state index contributed by atoms with van der Waals surface area (Å²) in [6.45, 7) is 0.456. The first kappa shape index (κ1) is 9.61. The minimum absolute atomic E-state index is 0.456. The highest BCUT2D eigenvalue weighted by molar-refractivity contribution is 5.29. The van der Waals surface area contributed by atoms with Gasteiger partial charge in [0.25, 0.3) is 0 Å². The molecule has 2 aromatic heterocycles. The molecule has 2 N–H and O–H groups in total. The molecule has 2 aromatic rings. The summed E-state index contributed by atoms with van der Waals surface area (Å²) in [6.07, 6.45) is 6.71. The molecular formula is C11H11N3O. The first-order chi connectivity index (χ1) is 7.38. The third-order valence-electron chi connectivity index (χ3n) is 1.88. The highest BCUT2D eigenvalue weighted by Gasteiger charge is 1.98. The van der Waals surface area contributed by atoms with Crippen LogP contribution in [-0.4, -0.2) is 9.97 Å². The van der Waals surface area contributed by atoms with Crippen LogP contribution in [0.1, 0.15) is 5.56 Å². The first-order valence-corrected chi connectivity index (χ1v) is 4.60. The van der Waals surface area contributed by atoms with Crippen LogP contribution in [0.25, 0.3) is 0 Å². The summed E-state index contributed by atoms with van der Waals surface area (Å²) in [5.74, 6) is 1.36. The Morgan fingerprint density at radius 2 is 2.00 bits per heavy atom. The summed E-state index contributed by atoms with van der Waals surface area (Å²) in [5.41, 5.74) is 6.45. The van der Waals surface area contributed by atoms with Gasteiger partial charge in [-0.25, -0.2) is 0 Å². The molecule has 0 atom stereocenters. The second-order valence-electron chi connectivity index (χ2n) is 3.02. The maximum absolute atomic E-state index is 5.54. The van der Waals surface area contributed by atoms with Crippen LogP contribution in [0.5, 0.6) is 11.5 Å². The van der Waals surface area contributed by atoms with Crippen LogP contribution in [0.2, 0.25) is 0 Å². The number of aromatic nitrogens is 2. The van der Waals surface area contributed by atoms with E-state index in [4.69, 9.17) is 10.5 Å². The van der Waals surface area contributed by atoms with Gasteiger partial charge in [0.2, 0.25) is 0 Å². The molecule has 0 saturated heterocycles. The lowest BCUT2D eigenvalue weighted by Gasteiger charge is -2.05. The van der Waals surface area contributed by atoms with Gasteiger partial charge < -0.3 is 10.5 Å². The normalized spacial score (nSPS) is 9.93. The zero-order valence-electron chi connectivity index (χ0n) is 8.13. The minimum atomic E-state index is 0.456. The molecule has 0 aromatic carbocycles. The van der Waals surface area contributed by atoms with Crippen LogP contribution in [-0.2, 0) is 6.54 Å². The first-order valence-electron chi connectivity index (χ1n) is 4.60. The van der Waals surface area contributed by atoms with Gasteiger partial charge in [-0.2, -0.15) is 0 Å². The minimum Gasteiger partial charge on any atom is -0.454 e. The number of hydrogen-bond donors (Lipinski definition) is 1. The van der Waals surface area contributed by atoms with Gasteiger partial charge in [-0.15, -0.1) is 0 Å². The van der Waals surface area contributed by atoms with E-state index in [0.29, 0.717) is 18.0 Å². The van der Waals surface area contributed by atoms with Crippen molar-refractivity contribution < 1.29 is 4.74 Å². The van der Waals surface area contributed by atoms with Crippen molar-refractivity contribution in [1.82, 2.24) is 9.97 Å². The average molecular weight is 201 g/mol. The molecule has 0 fully saturated rings. The molecule has 0 aliphatic rings. The van der Waals surface area contributed by atoms with Crippen LogP contribution < -0.4 is 10.5 Å². The van der Waals surface area contributed by atoms with E-state index in [9.17, 15) is 0 Å². The van der Waals surface area contributed by atoms with Gasteiger partial charge >= 0.3 is 0 Å². The van der Waals surface area contributed by atoms with Crippen molar-refractivity contribution in [3.8, 4) is 11.5 Å². The van der Waals surface area contributed by atoms with Crippen molar-refractivity contribution >= 4 is 0 Å². The molecule has 0 bridgehead atoms. The molecule has 4 nitrogen and oxygen atoms in total. The quantitative estimate of drug-likeness (QED) is 0.821. The third kappa shape index (κ3) is 2.51. The van der Waals surface area contributed by atoms with Crippen LogP contribution in [0.4, 0.5) is 0 Å². The number of ether oxygens (including phenoxy) is 1. The van der Waals surface area contributed by atoms with E-state index < -0.39 is 0 Å². The largest absolute Gasteiger partial charge is 0.454 e. The molecule has 0 amide bonds. The van der Waals surface area contributed by atoms with Gasteiger partial charge in [0.1, 0.15) is 11.5 Å². The SMILES string of the molecule is NCc1cncc(Oc2cccnc2)c1. The smallest absolute Gasteiger partial charge is 0.146 e. The average Bonchev–Trinajstić information content (AvgIpc) is 2.31. The molecular weight excluding hydrogens is 190 g/mol. The Kier molecular flexibility index (Phi) is 2.90. The molecule has 4 heteroatoms. The van der Waals surface area contributed by atoms with E-state index >= 15 is 0 Å². The fourth-order valence-corrected chi connectivity index (χ4v) is 1.17. The molecule has 0 aliphatic carbocycles. The summed E-state index contributed by atoms with van der Waals surface area (Å²) in [5, 5.41) is 0. The van der Waals surface area contributed by atoms with Crippen molar-refractivity contribution in [2.45, 2.75) is 6.54 Å². The summed E-state index contributed by atoms with van der Waals surface area (Å²) >= 11 is 0. The van der Waals surface area contributed by atoms with E-state index in [-0.39, 0.29) is 0 Å². The Balaban J connectivity index is 2.17. The maximum Gasteiger partial charge on any atom is 0.146 e. The number of nitrogens with two attached hydrogens (primary N) is 1. The highest BCUT2D eigenvalue weighted by atomic mass is 16.5. The lowest BCUT2D eigenvalue weighted by atomic mass is 10.3. The van der Waals surface area contributed by atoms with Crippen molar-refractivity contribution in [3.05, 3.63) is 48.5 Å². The molecule has 15 heavy (non-hydrogen) atoms. The van der Waals surface area contributed by atoms with Gasteiger partial charge in [0.05, 0.1) is 12.4 Å². The molecule has 0 radical (unpaired) electrons. The van der Waals surface area contributed by atoms with Gasteiger partial charge in [0.15, 0.2) is 0 Å². The van der Waals surface area contributed by atoms with Crippen molar-refractivity contribution in [1.29, 1.82) is 0 Å². The van der Waals surface area contributed by atoms with Gasteiger partial charge in [-0.05, 0) is 23.8 Å². The van der Waals surface area contributed by atoms with Gasteiger partial charge in [-0.1, -0.05) is 0 Å². The number of nitrogens with zero attached hydrogens (tertiary/aromatic N) is 2. The predicted molar refractivity (Wildman–Crippen MR) is 56.4 cm³/mol. The topological polar surface area (TPSA) is 61.0 Å². The second kappa shape index (κ2) is 4.52. The third-order valence-corrected chi connectivity index (χ3v) is 1.88. The van der Waals surface area contributed by atoms with Gasteiger partial charge in [0, 0.05) is 18.9 Å². The van der Waals surface area contributed by atoms with Crippen molar-refractivity contribution in [2.24, 2.45) is 5.73 Å². The van der Waals surface area contributed by atoms with Crippen molar-refractivity contribution in [2.75, 3.05) is 0 Å². The van der Waals surface area contributed by atoms with E-state index in [1.165, 1.54) is 0 Å². The number of hydrogen-bond acceptors (Lipinski definition) is 4. The highest BCUT2D eigenvalue weighted by Crippen LogP contribution is 2.19.